The molecule has 0 radical (unpaired) electrons. The molecule has 0 aromatic rings. The van der Waals surface area contributed by atoms with E-state index in [0.717, 1.165) is 0 Å². The van der Waals surface area contributed by atoms with Gasteiger partial charge in [-0.3, -0.25) is 0 Å². The summed E-state index contributed by atoms with van der Waals surface area (Å²) >= 11 is 2.22. The summed E-state index contributed by atoms with van der Waals surface area (Å²) in [6.45, 7) is 6.64. The zero-order valence-corrected chi connectivity index (χ0v) is 9.98. The fourth-order valence-electron chi connectivity index (χ4n) is 1.11. The first-order chi connectivity index (χ1) is 4.13. The second-order valence-corrected chi connectivity index (χ2v) is 3.55. The maximum absolute atomic E-state index is 2.28. The number of allylic oxidation sites excluding steroid dienone is 4. The maximum Gasteiger partial charge on any atom is -1.00 e. The Morgan fingerprint density at radius 1 is 1.27 bits per heavy atom. The molecule has 1 rings (SSSR count). The standard InChI is InChI=1S/C8H11.2ClH.Ti/c1-6-4-7(2)8(3)5-6;;;/h4,8H,1-3H3;2*1H;/q;;;+2/p-2. The van der Waals surface area contributed by atoms with Crippen LogP contribution in [0.2, 0.25) is 0 Å². The van der Waals surface area contributed by atoms with Gasteiger partial charge in [0.25, 0.3) is 0 Å². The summed E-state index contributed by atoms with van der Waals surface area (Å²) in [7, 11) is 0. The number of hydrogen-bond donors (Lipinski definition) is 0. The van der Waals surface area contributed by atoms with Crippen LogP contribution in [0, 0.1) is 5.92 Å². The van der Waals surface area contributed by atoms with Gasteiger partial charge < -0.3 is 24.8 Å². The van der Waals surface area contributed by atoms with Crippen molar-refractivity contribution < 1.29 is 45.2 Å². The Morgan fingerprint density at radius 3 is 1.82 bits per heavy atom. The predicted octanol–water partition coefficient (Wildman–Crippen LogP) is -3.59. The van der Waals surface area contributed by atoms with Gasteiger partial charge in [0.15, 0.2) is 0 Å². The van der Waals surface area contributed by atoms with Crippen molar-refractivity contribution in [1.29, 1.82) is 0 Å². The molecule has 0 aromatic carbocycles. The average Bonchev–Trinajstić information content (AvgIpc) is 1.98. The van der Waals surface area contributed by atoms with Gasteiger partial charge in [-0.2, -0.15) is 0 Å². The van der Waals surface area contributed by atoms with E-state index in [4.69, 9.17) is 0 Å². The monoisotopic (exact) mass is 225 g/mol. The number of halogens is 2. The van der Waals surface area contributed by atoms with Gasteiger partial charge in [-0.25, -0.2) is 0 Å². The van der Waals surface area contributed by atoms with Crippen LogP contribution < -0.4 is 24.8 Å². The smallest absolute Gasteiger partial charge is 1.00 e. The molecule has 3 heteroatoms. The minimum absolute atomic E-state index is 0. The SMILES string of the molecule is CC1=CC(C)=[C]([Ti+2])C1C.[Cl-].[Cl-]. The zero-order chi connectivity index (χ0) is 7.02. The van der Waals surface area contributed by atoms with E-state index in [2.05, 4.69) is 47.3 Å². The molecule has 1 aliphatic rings. The van der Waals surface area contributed by atoms with Gasteiger partial charge in [-0.15, -0.1) is 0 Å². The third kappa shape index (κ3) is 2.95. The molecule has 0 spiro atoms. The largest absolute Gasteiger partial charge is 1.00 e. The fraction of sp³-hybridized carbons (Fsp3) is 0.500. The summed E-state index contributed by atoms with van der Waals surface area (Å²) in [5.74, 6) is 0.699. The van der Waals surface area contributed by atoms with Crippen molar-refractivity contribution in [2.45, 2.75) is 20.8 Å². The summed E-state index contributed by atoms with van der Waals surface area (Å²) < 4.78 is 1.53. The van der Waals surface area contributed by atoms with Gasteiger partial charge in [-0.05, 0) is 0 Å². The first kappa shape index (κ1) is 14.3. The third-order valence-corrected chi connectivity index (χ3v) is 3.28. The van der Waals surface area contributed by atoms with E-state index < -0.39 is 0 Å². The minimum Gasteiger partial charge on any atom is -1.00 e. The molecule has 0 fully saturated rings. The molecule has 0 bridgehead atoms. The van der Waals surface area contributed by atoms with Crippen LogP contribution in [0.1, 0.15) is 20.8 Å². The molecule has 0 N–H and O–H groups in total. The summed E-state index contributed by atoms with van der Waals surface area (Å²) in [5.41, 5.74) is 2.96. The maximum atomic E-state index is 2.28. The van der Waals surface area contributed by atoms with Crippen LogP contribution in [0.5, 0.6) is 0 Å². The van der Waals surface area contributed by atoms with Gasteiger partial charge >= 0.3 is 68.2 Å². The molecule has 1 atom stereocenters. The Kier molecular flexibility index (Phi) is 7.06. The van der Waals surface area contributed by atoms with Crippen molar-refractivity contribution in [2.75, 3.05) is 0 Å². The Hall–Kier alpha value is 0.774. The van der Waals surface area contributed by atoms with E-state index in [1.807, 2.05) is 0 Å². The molecule has 1 unspecified atom stereocenters. The van der Waals surface area contributed by atoms with E-state index in [-0.39, 0.29) is 24.8 Å². The second kappa shape index (κ2) is 5.43. The van der Waals surface area contributed by atoms with Crippen molar-refractivity contribution in [3.05, 3.63) is 21.1 Å². The first-order valence-corrected chi connectivity index (χ1v) is 4.01. The van der Waals surface area contributed by atoms with Gasteiger partial charge in [-0.1, -0.05) is 0 Å². The van der Waals surface area contributed by atoms with Gasteiger partial charge in [0.1, 0.15) is 0 Å². The molecule has 0 amide bonds. The van der Waals surface area contributed by atoms with Crippen molar-refractivity contribution in [3.8, 4) is 0 Å². The topological polar surface area (TPSA) is 0 Å². The quantitative estimate of drug-likeness (QED) is 0.374. The van der Waals surface area contributed by atoms with Crippen LogP contribution in [0.3, 0.4) is 0 Å². The Morgan fingerprint density at radius 2 is 1.73 bits per heavy atom. The van der Waals surface area contributed by atoms with E-state index >= 15 is 0 Å². The minimum atomic E-state index is 0. The van der Waals surface area contributed by atoms with Crippen LogP contribution in [0.25, 0.3) is 0 Å². The van der Waals surface area contributed by atoms with Crippen molar-refractivity contribution in [1.82, 2.24) is 0 Å². The van der Waals surface area contributed by atoms with Crippen LogP contribution in [-0.2, 0) is 20.4 Å². The Balaban J connectivity index is 0. The number of rotatable bonds is 0. The van der Waals surface area contributed by atoms with E-state index in [1.165, 1.54) is 15.0 Å². The molecule has 0 heterocycles. The summed E-state index contributed by atoms with van der Waals surface area (Å²) in [6.07, 6.45) is 2.28. The van der Waals surface area contributed by atoms with Crippen LogP contribution in [-0.4, -0.2) is 0 Å². The molecule has 0 saturated carbocycles. The van der Waals surface area contributed by atoms with E-state index in [9.17, 15) is 0 Å². The Bertz CT molecular complexity index is 194. The van der Waals surface area contributed by atoms with E-state index in [0.29, 0.717) is 5.92 Å². The second-order valence-electron chi connectivity index (χ2n) is 2.71. The molecular weight excluding hydrogens is 215 g/mol. The third-order valence-electron chi connectivity index (χ3n) is 1.99. The van der Waals surface area contributed by atoms with Gasteiger partial charge in [0.2, 0.25) is 0 Å². The molecular formula is C8H11Cl2Ti. The first-order valence-electron chi connectivity index (χ1n) is 3.23. The summed E-state index contributed by atoms with van der Waals surface area (Å²) in [6, 6.07) is 0. The van der Waals surface area contributed by atoms with Crippen LogP contribution >= 0.6 is 0 Å². The molecule has 0 aromatic heterocycles. The normalized spacial score (nSPS) is 22.3. The fourth-order valence-corrected chi connectivity index (χ4v) is 1.58. The van der Waals surface area contributed by atoms with E-state index in [1.54, 1.807) is 0 Å². The van der Waals surface area contributed by atoms with Gasteiger partial charge in [0, 0.05) is 0 Å². The summed E-state index contributed by atoms with van der Waals surface area (Å²) in [5, 5.41) is 0. The molecule has 1 aliphatic carbocycles. The number of hydrogen-bond acceptors (Lipinski definition) is 0. The Labute approximate surface area is 92.7 Å². The molecule has 11 heavy (non-hydrogen) atoms. The molecule has 0 saturated heterocycles. The molecule has 0 nitrogen and oxygen atoms in total. The van der Waals surface area contributed by atoms with Crippen molar-refractivity contribution in [2.24, 2.45) is 5.92 Å². The summed E-state index contributed by atoms with van der Waals surface area (Å²) in [4.78, 5) is 0. The molecule has 0 aliphatic heterocycles. The van der Waals surface area contributed by atoms with Crippen molar-refractivity contribution in [3.63, 3.8) is 0 Å². The molecule has 61 valence electrons. The predicted molar refractivity (Wildman–Crippen MR) is 35.6 cm³/mol. The zero-order valence-electron chi connectivity index (χ0n) is 6.91. The van der Waals surface area contributed by atoms with Gasteiger partial charge in [0.05, 0.1) is 0 Å². The van der Waals surface area contributed by atoms with Crippen molar-refractivity contribution >= 4 is 0 Å². The van der Waals surface area contributed by atoms with Crippen LogP contribution in [0.4, 0.5) is 0 Å². The average molecular weight is 226 g/mol. The van der Waals surface area contributed by atoms with Crippen LogP contribution in [0.15, 0.2) is 21.1 Å².